The standard InChI is InChI=1S/C14H12FN3OS/c1-19-13-5-2-9(7-16-13)8-18-12-6-10(15)3-4-11(12)17-14(18)20/h2-7H,8H2,1H3,(H,17,20). The molecule has 0 saturated carbocycles. The van der Waals surface area contributed by atoms with Crippen LogP contribution in [-0.2, 0) is 6.54 Å². The van der Waals surface area contributed by atoms with Crippen LogP contribution in [0.5, 0.6) is 5.88 Å². The summed E-state index contributed by atoms with van der Waals surface area (Å²) in [5.41, 5.74) is 2.52. The molecule has 0 aliphatic heterocycles. The first-order valence-electron chi connectivity index (χ1n) is 6.04. The van der Waals surface area contributed by atoms with Crippen LogP contribution in [-0.4, -0.2) is 21.6 Å². The molecule has 0 fully saturated rings. The number of nitrogens with zero attached hydrogens (tertiary/aromatic N) is 2. The second-order valence-corrected chi connectivity index (χ2v) is 4.77. The first kappa shape index (κ1) is 12.8. The van der Waals surface area contributed by atoms with Crippen LogP contribution in [0.4, 0.5) is 4.39 Å². The molecule has 6 heteroatoms. The van der Waals surface area contributed by atoms with Crippen molar-refractivity contribution in [1.82, 2.24) is 14.5 Å². The Labute approximate surface area is 119 Å². The third-order valence-electron chi connectivity index (χ3n) is 3.08. The summed E-state index contributed by atoms with van der Waals surface area (Å²) in [7, 11) is 1.57. The maximum Gasteiger partial charge on any atom is 0.212 e. The van der Waals surface area contributed by atoms with Gasteiger partial charge >= 0.3 is 0 Å². The summed E-state index contributed by atoms with van der Waals surface area (Å²) in [6, 6.07) is 8.26. The van der Waals surface area contributed by atoms with E-state index in [9.17, 15) is 4.39 Å². The molecule has 0 atom stereocenters. The van der Waals surface area contributed by atoms with Crippen molar-refractivity contribution in [3.8, 4) is 5.88 Å². The number of ether oxygens (including phenoxy) is 1. The van der Waals surface area contributed by atoms with Crippen LogP contribution in [0, 0.1) is 10.6 Å². The van der Waals surface area contributed by atoms with Gasteiger partial charge in [-0.05, 0) is 36.0 Å². The fourth-order valence-electron chi connectivity index (χ4n) is 2.09. The fourth-order valence-corrected chi connectivity index (χ4v) is 2.36. The summed E-state index contributed by atoms with van der Waals surface area (Å²) < 4.78 is 20.8. The SMILES string of the molecule is COc1ccc(Cn2c(=S)[nH]c3ccc(F)cc32)cn1. The second-order valence-electron chi connectivity index (χ2n) is 4.39. The molecule has 0 radical (unpaired) electrons. The van der Waals surface area contributed by atoms with Gasteiger partial charge in [0.15, 0.2) is 4.77 Å². The van der Waals surface area contributed by atoms with Crippen molar-refractivity contribution in [2.45, 2.75) is 6.54 Å². The number of nitrogens with one attached hydrogen (secondary N) is 1. The first-order valence-corrected chi connectivity index (χ1v) is 6.45. The van der Waals surface area contributed by atoms with Gasteiger partial charge in [-0.25, -0.2) is 9.37 Å². The van der Waals surface area contributed by atoms with Crippen molar-refractivity contribution in [1.29, 1.82) is 0 Å². The van der Waals surface area contributed by atoms with E-state index in [0.29, 0.717) is 17.2 Å². The summed E-state index contributed by atoms with van der Waals surface area (Å²) in [6.45, 7) is 0.527. The van der Waals surface area contributed by atoms with E-state index in [2.05, 4.69) is 9.97 Å². The van der Waals surface area contributed by atoms with Crippen molar-refractivity contribution < 1.29 is 9.13 Å². The van der Waals surface area contributed by atoms with Crippen LogP contribution in [0.2, 0.25) is 0 Å². The number of aromatic nitrogens is 3. The van der Waals surface area contributed by atoms with Crippen LogP contribution in [0.25, 0.3) is 11.0 Å². The molecule has 1 aromatic carbocycles. The van der Waals surface area contributed by atoms with E-state index in [1.165, 1.54) is 12.1 Å². The molecule has 3 rings (SSSR count). The average molecular weight is 289 g/mol. The number of H-pyrrole nitrogens is 1. The summed E-state index contributed by atoms with van der Waals surface area (Å²) in [4.78, 5) is 7.21. The number of rotatable bonds is 3. The lowest BCUT2D eigenvalue weighted by Crippen LogP contribution is -2.00. The number of pyridine rings is 1. The van der Waals surface area contributed by atoms with Gasteiger partial charge in [0.2, 0.25) is 5.88 Å². The number of halogens is 1. The molecule has 2 aromatic heterocycles. The number of hydrogen-bond donors (Lipinski definition) is 1. The quantitative estimate of drug-likeness (QED) is 0.752. The molecule has 1 N–H and O–H groups in total. The van der Waals surface area contributed by atoms with Crippen molar-refractivity contribution in [3.05, 3.63) is 52.7 Å². The summed E-state index contributed by atoms with van der Waals surface area (Å²) in [5, 5.41) is 0. The Morgan fingerprint density at radius 1 is 1.35 bits per heavy atom. The predicted octanol–water partition coefficient (Wildman–Crippen LogP) is 3.29. The number of aromatic amines is 1. The Morgan fingerprint density at radius 3 is 2.90 bits per heavy atom. The second kappa shape index (κ2) is 5.05. The Morgan fingerprint density at radius 2 is 2.20 bits per heavy atom. The lowest BCUT2D eigenvalue weighted by molar-refractivity contribution is 0.397. The van der Waals surface area contributed by atoms with E-state index < -0.39 is 0 Å². The average Bonchev–Trinajstić information content (AvgIpc) is 2.76. The molecule has 0 aliphatic carbocycles. The highest BCUT2D eigenvalue weighted by Crippen LogP contribution is 2.17. The Kier molecular flexibility index (Phi) is 3.23. The molecule has 2 heterocycles. The van der Waals surface area contributed by atoms with E-state index in [0.717, 1.165) is 16.6 Å². The van der Waals surface area contributed by atoms with Crippen LogP contribution in [0.1, 0.15) is 5.56 Å². The number of imidazole rings is 1. The van der Waals surface area contributed by atoms with Gasteiger partial charge in [0.1, 0.15) is 5.82 Å². The number of fused-ring (bicyclic) bond motifs is 1. The predicted molar refractivity (Wildman–Crippen MR) is 77.0 cm³/mol. The van der Waals surface area contributed by atoms with E-state index in [1.54, 1.807) is 25.4 Å². The zero-order chi connectivity index (χ0) is 14.1. The van der Waals surface area contributed by atoms with Crippen LogP contribution in [0.15, 0.2) is 36.5 Å². The Balaban J connectivity index is 2.03. The maximum absolute atomic E-state index is 13.4. The number of hydrogen-bond acceptors (Lipinski definition) is 3. The lowest BCUT2D eigenvalue weighted by Gasteiger charge is -2.05. The zero-order valence-corrected chi connectivity index (χ0v) is 11.6. The van der Waals surface area contributed by atoms with E-state index >= 15 is 0 Å². The molecule has 0 aliphatic rings. The Bertz CT molecular complexity index is 807. The monoisotopic (exact) mass is 289 g/mol. The topological polar surface area (TPSA) is 42.8 Å². The van der Waals surface area contributed by atoms with Gasteiger partial charge in [0.05, 0.1) is 24.7 Å². The van der Waals surface area contributed by atoms with Crippen molar-refractivity contribution in [2.24, 2.45) is 0 Å². The molecule has 0 unspecified atom stereocenters. The summed E-state index contributed by atoms with van der Waals surface area (Å²) >= 11 is 5.28. The molecule has 102 valence electrons. The number of benzene rings is 1. The van der Waals surface area contributed by atoms with Crippen molar-refractivity contribution in [2.75, 3.05) is 7.11 Å². The third-order valence-corrected chi connectivity index (χ3v) is 3.41. The molecule has 0 bridgehead atoms. The van der Waals surface area contributed by atoms with Gasteiger partial charge in [0, 0.05) is 12.3 Å². The molecule has 4 nitrogen and oxygen atoms in total. The molecule has 20 heavy (non-hydrogen) atoms. The van der Waals surface area contributed by atoms with Gasteiger partial charge in [-0.2, -0.15) is 0 Å². The van der Waals surface area contributed by atoms with Crippen LogP contribution >= 0.6 is 12.2 Å². The van der Waals surface area contributed by atoms with Crippen molar-refractivity contribution >= 4 is 23.3 Å². The third kappa shape index (κ3) is 2.30. The molecule has 0 amide bonds. The summed E-state index contributed by atoms with van der Waals surface area (Å²) in [5.74, 6) is 0.274. The van der Waals surface area contributed by atoms with E-state index in [-0.39, 0.29) is 5.82 Å². The van der Waals surface area contributed by atoms with Gasteiger partial charge in [-0.1, -0.05) is 6.07 Å². The lowest BCUT2D eigenvalue weighted by atomic mass is 10.2. The number of methoxy groups -OCH3 is 1. The highest BCUT2D eigenvalue weighted by atomic mass is 32.1. The minimum Gasteiger partial charge on any atom is -0.481 e. The van der Waals surface area contributed by atoms with Crippen molar-refractivity contribution in [3.63, 3.8) is 0 Å². The van der Waals surface area contributed by atoms with Gasteiger partial charge in [0.25, 0.3) is 0 Å². The van der Waals surface area contributed by atoms with E-state index in [1.807, 2.05) is 10.6 Å². The normalized spacial score (nSPS) is 10.9. The van der Waals surface area contributed by atoms with Crippen LogP contribution < -0.4 is 4.74 Å². The molecular formula is C14H12FN3OS. The van der Waals surface area contributed by atoms with Gasteiger partial charge in [-0.3, -0.25) is 0 Å². The Hall–Kier alpha value is -2.21. The molecule has 0 saturated heterocycles. The van der Waals surface area contributed by atoms with Crippen LogP contribution in [0.3, 0.4) is 0 Å². The smallest absolute Gasteiger partial charge is 0.212 e. The fraction of sp³-hybridized carbons (Fsp3) is 0.143. The highest BCUT2D eigenvalue weighted by Gasteiger charge is 2.06. The van der Waals surface area contributed by atoms with Gasteiger partial charge in [-0.15, -0.1) is 0 Å². The largest absolute Gasteiger partial charge is 0.481 e. The zero-order valence-electron chi connectivity index (χ0n) is 10.8. The minimum atomic E-state index is -0.284. The molecule has 0 spiro atoms. The van der Waals surface area contributed by atoms with E-state index in [4.69, 9.17) is 17.0 Å². The molecule has 3 aromatic rings. The van der Waals surface area contributed by atoms with Gasteiger partial charge < -0.3 is 14.3 Å². The first-order chi connectivity index (χ1) is 9.67. The maximum atomic E-state index is 13.4. The molecular weight excluding hydrogens is 277 g/mol. The highest BCUT2D eigenvalue weighted by molar-refractivity contribution is 7.71. The summed E-state index contributed by atoms with van der Waals surface area (Å²) in [6.07, 6.45) is 1.72. The minimum absolute atomic E-state index is 0.284.